The molecule has 0 aromatic carbocycles. The SMILES string of the molecule is Nc1nc(C(=NO)C(=O)N[C@@H]2C(=O)N3C(C(=O)O)=C(C(Cc4nn[nH]n4)Sc4nn[nH]n4)CS[C@H]23)cs1. The number of tetrazole rings is 2. The number of anilines is 1. The van der Waals surface area contributed by atoms with Gasteiger partial charge in [0.05, 0.1) is 0 Å². The molecule has 2 aliphatic rings. The van der Waals surface area contributed by atoms with Gasteiger partial charge in [-0.25, -0.2) is 9.78 Å². The van der Waals surface area contributed by atoms with E-state index in [1.807, 2.05) is 0 Å². The number of carboxylic acids is 1. The molecule has 0 spiro atoms. The number of oxime groups is 1. The van der Waals surface area contributed by atoms with Gasteiger partial charge in [0.2, 0.25) is 5.16 Å². The molecule has 3 atom stereocenters. The number of nitrogens with zero attached hydrogens (tertiary/aromatic N) is 9. The van der Waals surface area contributed by atoms with Crippen molar-refractivity contribution < 1.29 is 24.7 Å². The molecule has 7 N–H and O–H groups in total. The summed E-state index contributed by atoms with van der Waals surface area (Å²) < 4.78 is 0. The van der Waals surface area contributed by atoms with E-state index in [1.165, 1.54) is 17.1 Å². The zero-order valence-electron chi connectivity index (χ0n) is 18.2. The van der Waals surface area contributed by atoms with Gasteiger partial charge in [-0.15, -0.1) is 43.5 Å². The number of nitrogen functional groups attached to an aromatic ring is 1. The van der Waals surface area contributed by atoms with E-state index in [4.69, 9.17) is 5.73 Å². The van der Waals surface area contributed by atoms with Crippen LogP contribution in [0.1, 0.15) is 11.5 Å². The highest BCUT2D eigenvalue weighted by Crippen LogP contribution is 2.44. The van der Waals surface area contributed by atoms with E-state index in [-0.39, 0.29) is 33.9 Å². The van der Waals surface area contributed by atoms with Crippen molar-refractivity contribution >= 4 is 63.5 Å². The molecule has 21 heteroatoms. The third-order valence-electron chi connectivity index (χ3n) is 5.29. The number of fused-ring (bicyclic) bond motifs is 1. The molecule has 0 saturated carbocycles. The monoisotopic (exact) mass is 565 g/mol. The number of amides is 2. The van der Waals surface area contributed by atoms with Crippen LogP contribution in [-0.2, 0) is 20.8 Å². The summed E-state index contributed by atoms with van der Waals surface area (Å²) in [6, 6.07) is -1.05. The van der Waals surface area contributed by atoms with Crippen molar-refractivity contribution in [3.8, 4) is 0 Å². The summed E-state index contributed by atoms with van der Waals surface area (Å²) in [5.41, 5.74) is 5.39. The van der Waals surface area contributed by atoms with Crippen LogP contribution in [0.15, 0.2) is 27.0 Å². The molecule has 37 heavy (non-hydrogen) atoms. The van der Waals surface area contributed by atoms with Crippen molar-refractivity contribution in [3.63, 3.8) is 0 Å². The van der Waals surface area contributed by atoms with E-state index in [9.17, 15) is 24.7 Å². The lowest BCUT2D eigenvalue weighted by atomic mass is 10.00. The summed E-state index contributed by atoms with van der Waals surface area (Å²) in [5, 5.41) is 52.9. The van der Waals surface area contributed by atoms with Gasteiger partial charge < -0.3 is 21.4 Å². The Morgan fingerprint density at radius 3 is 2.73 bits per heavy atom. The Hall–Kier alpha value is -4.11. The lowest BCUT2D eigenvalue weighted by Crippen LogP contribution is -2.71. The van der Waals surface area contributed by atoms with E-state index >= 15 is 0 Å². The van der Waals surface area contributed by atoms with Crippen molar-refractivity contribution in [2.45, 2.75) is 28.2 Å². The van der Waals surface area contributed by atoms with Gasteiger partial charge in [-0.05, 0) is 10.8 Å². The standard InChI is InChI=1S/C16H15N13O5S3/c17-15-18-5(3-36-15)8(24-34)11(30)19-9-12(31)29-10(14(32)33)4(2-35-13(9)29)6(1-7-20-25-26-21-7)37-16-22-27-28-23-16/h3,6,9,13,34H,1-2H2,(H2,17,18)(H,19,30)(H,32,33)(H,20,21,25,26)(H,22,23,27,28)/t6?,9-,13-/m1/s1. The Morgan fingerprint density at radius 2 is 2.11 bits per heavy atom. The lowest BCUT2D eigenvalue weighted by molar-refractivity contribution is -0.150. The maximum Gasteiger partial charge on any atom is 0.352 e. The van der Waals surface area contributed by atoms with E-state index < -0.39 is 40.2 Å². The zero-order chi connectivity index (χ0) is 26.1. The summed E-state index contributed by atoms with van der Waals surface area (Å²) in [6.45, 7) is 0. The Labute approximate surface area is 217 Å². The second kappa shape index (κ2) is 10.1. The second-order valence-electron chi connectivity index (χ2n) is 7.39. The molecule has 3 aromatic rings. The smallest absolute Gasteiger partial charge is 0.352 e. The van der Waals surface area contributed by atoms with Gasteiger partial charge in [-0.2, -0.15) is 10.4 Å². The van der Waals surface area contributed by atoms with Crippen LogP contribution in [0.3, 0.4) is 0 Å². The highest BCUT2D eigenvalue weighted by molar-refractivity contribution is 8.01. The van der Waals surface area contributed by atoms with Crippen LogP contribution in [0.25, 0.3) is 0 Å². The zero-order valence-corrected chi connectivity index (χ0v) is 20.6. The van der Waals surface area contributed by atoms with Crippen molar-refractivity contribution in [2.24, 2.45) is 5.16 Å². The number of hydrogen-bond acceptors (Lipinski definition) is 16. The fourth-order valence-electron chi connectivity index (χ4n) is 3.71. The van der Waals surface area contributed by atoms with E-state index in [2.05, 4.69) is 56.7 Å². The van der Waals surface area contributed by atoms with Crippen LogP contribution in [0.4, 0.5) is 5.13 Å². The van der Waals surface area contributed by atoms with Gasteiger partial charge in [0.15, 0.2) is 16.7 Å². The fourth-order valence-corrected chi connectivity index (χ4v) is 6.79. The number of thioether (sulfide) groups is 2. The van der Waals surface area contributed by atoms with Gasteiger partial charge in [-0.1, -0.05) is 22.1 Å². The number of H-pyrrole nitrogens is 2. The lowest BCUT2D eigenvalue weighted by Gasteiger charge is -2.50. The molecule has 192 valence electrons. The average Bonchev–Trinajstić information content (AvgIpc) is 3.66. The minimum atomic E-state index is -1.32. The highest BCUT2D eigenvalue weighted by atomic mass is 32.2. The maximum atomic E-state index is 13.1. The first-order chi connectivity index (χ1) is 17.9. The number of aromatic amines is 2. The average molecular weight is 566 g/mol. The minimum Gasteiger partial charge on any atom is -0.477 e. The Morgan fingerprint density at radius 1 is 1.32 bits per heavy atom. The number of β-lactam (4-membered cyclic amide) rings is 1. The van der Waals surface area contributed by atoms with E-state index in [1.54, 1.807) is 0 Å². The van der Waals surface area contributed by atoms with Gasteiger partial charge >= 0.3 is 5.97 Å². The molecular formula is C16H15N13O5S3. The van der Waals surface area contributed by atoms with Crippen LogP contribution in [-0.4, -0.2) is 107 Å². The number of hydrogen-bond donors (Lipinski definition) is 6. The van der Waals surface area contributed by atoms with Crippen LogP contribution in [0, 0.1) is 0 Å². The highest BCUT2D eigenvalue weighted by Gasteiger charge is 2.55. The molecule has 18 nitrogen and oxygen atoms in total. The van der Waals surface area contributed by atoms with Crippen LogP contribution in [0.5, 0.6) is 0 Å². The Balaban J connectivity index is 1.39. The van der Waals surface area contributed by atoms with E-state index in [0.717, 1.165) is 28.0 Å². The number of aromatic nitrogens is 9. The molecule has 0 bridgehead atoms. The fraction of sp³-hybridized carbons (Fsp3) is 0.312. The molecule has 3 aromatic heterocycles. The summed E-state index contributed by atoms with van der Waals surface area (Å²) in [7, 11) is 0. The van der Waals surface area contributed by atoms with Gasteiger partial charge in [-0.3, -0.25) is 14.5 Å². The molecule has 2 aliphatic heterocycles. The van der Waals surface area contributed by atoms with Crippen LogP contribution < -0.4 is 11.1 Å². The molecule has 1 saturated heterocycles. The summed E-state index contributed by atoms with van der Waals surface area (Å²) in [6.07, 6.45) is 0.169. The van der Waals surface area contributed by atoms with Crippen molar-refractivity contribution in [1.29, 1.82) is 0 Å². The number of thiazole rings is 1. The normalized spacial score (nSPS) is 20.4. The Kier molecular flexibility index (Phi) is 6.71. The Bertz CT molecular complexity index is 1350. The number of nitrogens with two attached hydrogens (primary N) is 1. The molecular weight excluding hydrogens is 550 g/mol. The topological polar surface area (TPSA) is 267 Å². The molecule has 1 unspecified atom stereocenters. The predicted molar refractivity (Wildman–Crippen MR) is 126 cm³/mol. The number of aliphatic carboxylic acids is 1. The summed E-state index contributed by atoms with van der Waals surface area (Å²) >= 11 is 3.43. The number of nitrogens with one attached hydrogen (secondary N) is 3. The van der Waals surface area contributed by atoms with Crippen molar-refractivity contribution in [3.05, 3.63) is 28.2 Å². The van der Waals surface area contributed by atoms with Crippen molar-refractivity contribution in [1.82, 2.24) is 56.4 Å². The van der Waals surface area contributed by atoms with Gasteiger partial charge in [0.1, 0.15) is 22.8 Å². The second-order valence-corrected chi connectivity index (χ2v) is 10.6. The van der Waals surface area contributed by atoms with Gasteiger partial charge in [0.25, 0.3) is 11.8 Å². The number of carbonyl (C=O) groups is 3. The summed E-state index contributed by atoms with van der Waals surface area (Å²) in [5.74, 6) is -2.29. The van der Waals surface area contributed by atoms with Gasteiger partial charge in [0, 0.05) is 22.8 Å². The molecule has 0 radical (unpaired) electrons. The van der Waals surface area contributed by atoms with Crippen LogP contribution >= 0.6 is 34.9 Å². The largest absolute Gasteiger partial charge is 0.477 e. The van der Waals surface area contributed by atoms with Crippen LogP contribution in [0.2, 0.25) is 0 Å². The molecule has 2 amide bonds. The first kappa shape index (κ1) is 24.6. The molecule has 5 rings (SSSR count). The summed E-state index contributed by atoms with van der Waals surface area (Å²) in [4.78, 5) is 43.2. The number of carbonyl (C=O) groups excluding carboxylic acids is 2. The van der Waals surface area contributed by atoms with E-state index in [0.29, 0.717) is 11.4 Å². The molecule has 5 heterocycles. The molecule has 0 aliphatic carbocycles. The first-order valence-electron chi connectivity index (χ1n) is 10.1. The third kappa shape index (κ3) is 4.70. The number of carboxylic acid groups (broad SMARTS) is 1. The maximum absolute atomic E-state index is 13.1. The number of rotatable bonds is 9. The quantitative estimate of drug-likeness (QED) is 0.0542. The molecule has 1 fully saturated rings. The minimum absolute atomic E-state index is 0.0404. The third-order valence-corrected chi connectivity index (χ3v) is 8.38. The predicted octanol–water partition coefficient (Wildman–Crippen LogP) is -1.93. The van der Waals surface area contributed by atoms with Crippen molar-refractivity contribution in [2.75, 3.05) is 11.5 Å². The first-order valence-corrected chi connectivity index (χ1v) is 13.0.